The first-order chi connectivity index (χ1) is 6.95. The van der Waals surface area contributed by atoms with Crippen LogP contribution in [0.25, 0.3) is 0 Å². The molecule has 4 nitrogen and oxygen atoms in total. The molecule has 0 saturated heterocycles. The van der Waals surface area contributed by atoms with Gasteiger partial charge in [0.1, 0.15) is 6.33 Å². The number of rotatable bonds is 1. The molecule has 0 spiro atoms. The molecule has 3 rings (SSSR count). The average molecular weight is 192 g/mol. The van der Waals surface area contributed by atoms with Gasteiger partial charge in [-0.05, 0) is 25.2 Å². The van der Waals surface area contributed by atoms with Crippen molar-refractivity contribution in [3.8, 4) is 0 Å². The summed E-state index contributed by atoms with van der Waals surface area (Å²) in [5.74, 6) is 1.81. The van der Waals surface area contributed by atoms with Crippen molar-refractivity contribution < 1.29 is 0 Å². The van der Waals surface area contributed by atoms with E-state index in [2.05, 4.69) is 20.1 Å². The first-order valence-corrected chi connectivity index (χ1v) is 5.58. The van der Waals surface area contributed by atoms with E-state index in [0.717, 1.165) is 18.4 Å². The van der Waals surface area contributed by atoms with Crippen LogP contribution in [0, 0.1) is 5.92 Å². The second-order valence-corrected chi connectivity index (χ2v) is 4.36. The zero-order valence-corrected chi connectivity index (χ0v) is 8.32. The standard InChI is InChI=1S/C10H16N4/c1-2-4-8(3-1)9-5-6-11-10-12-7-13-14(9)10/h7-9H,1-6H2,(H,11,12,13). The minimum absolute atomic E-state index is 0.608. The lowest BCUT2D eigenvalue weighted by Crippen LogP contribution is -2.28. The molecule has 1 fully saturated rings. The van der Waals surface area contributed by atoms with Gasteiger partial charge in [-0.1, -0.05) is 12.8 Å². The van der Waals surface area contributed by atoms with Gasteiger partial charge in [0.2, 0.25) is 5.95 Å². The Labute approximate surface area is 83.7 Å². The lowest BCUT2D eigenvalue weighted by atomic mass is 9.95. The van der Waals surface area contributed by atoms with Crippen molar-refractivity contribution in [2.24, 2.45) is 5.92 Å². The third-order valence-corrected chi connectivity index (χ3v) is 3.55. The van der Waals surface area contributed by atoms with Gasteiger partial charge in [0, 0.05) is 6.54 Å². The maximum Gasteiger partial charge on any atom is 0.221 e. The molecule has 14 heavy (non-hydrogen) atoms. The van der Waals surface area contributed by atoms with E-state index in [4.69, 9.17) is 0 Å². The van der Waals surface area contributed by atoms with Crippen LogP contribution >= 0.6 is 0 Å². The van der Waals surface area contributed by atoms with Crippen molar-refractivity contribution in [1.82, 2.24) is 14.8 Å². The Morgan fingerprint density at radius 1 is 1.29 bits per heavy atom. The number of anilines is 1. The van der Waals surface area contributed by atoms with E-state index in [1.165, 1.54) is 32.1 Å². The average Bonchev–Trinajstić information content (AvgIpc) is 2.88. The smallest absolute Gasteiger partial charge is 0.221 e. The van der Waals surface area contributed by atoms with E-state index < -0.39 is 0 Å². The Balaban J connectivity index is 1.88. The summed E-state index contributed by atoms with van der Waals surface area (Å²) < 4.78 is 2.10. The predicted molar refractivity (Wildman–Crippen MR) is 54.1 cm³/mol. The van der Waals surface area contributed by atoms with Crippen LogP contribution in [0.3, 0.4) is 0 Å². The largest absolute Gasteiger partial charge is 0.354 e. The molecule has 0 aromatic carbocycles. The summed E-state index contributed by atoms with van der Waals surface area (Å²) in [6, 6.07) is 0.608. The summed E-state index contributed by atoms with van der Waals surface area (Å²) >= 11 is 0. The van der Waals surface area contributed by atoms with Gasteiger partial charge >= 0.3 is 0 Å². The monoisotopic (exact) mass is 192 g/mol. The number of hydrogen-bond donors (Lipinski definition) is 1. The van der Waals surface area contributed by atoms with Gasteiger partial charge in [-0.15, -0.1) is 0 Å². The molecule has 1 aliphatic carbocycles. The third-order valence-electron chi connectivity index (χ3n) is 3.55. The van der Waals surface area contributed by atoms with E-state index >= 15 is 0 Å². The van der Waals surface area contributed by atoms with Crippen LogP contribution in [0.5, 0.6) is 0 Å². The van der Waals surface area contributed by atoms with E-state index in [9.17, 15) is 0 Å². The number of fused-ring (bicyclic) bond motifs is 1. The molecule has 1 aromatic heterocycles. The number of nitrogens with zero attached hydrogens (tertiary/aromatic N) is 3. The lowest BCUT2D eigenvalue weighted by Gasteiger charge is -2.28. The Morgan fingerprint density at radius 2 is 2.14 bits per heavy atom. The van der Waals surface area contributed by atoms with E-state index in [1.54, 1.807) is 6.33 Å². The highest BCUT2D eigenvalue weighted by Crippen LogP contribution is 2.38. The minimum Gasteiger partial charge on any atom is -0.354 e. The summed E-state index contributed by atoms with van der Waals surface area (Å²) in [7, 11) is 0. The second-order valence-electron chi connectivity index (χ2n) is 4.36. The zero-order valence-electron chi connectivity index (χ0n) is 8.32. The third kappa shape index (κ3) is 1.21. The molecular formula is C10H16N4. The normalized spacial score (nSPS) is 27.3. The highest BCUT2D eigenvalue weighted by Gasteiger charge is 2.30. The van der Waals surface area contributed by atoms with Gasteiger partial charge in [-0.2, -0.15) is 10.1 Å². The first-order valence-electron chi connectivity index (χ1n) is 5.58. The molecule has 0 amide bonds. The van der Waals surface area contributed by atoms with Crippen molar-refractivity contribution in [2.75, 3.05) is 11.9 Å². The van der Waals surface area contributed by atoms with Gasteiger partial charge in [0.15, 0.2) is 0 Å². The lowest BCUT2D eigenvalue weighted by molar-refractivity contribution is 0.289. The highest BCUT2D eigenvalue weighted by molar-refractivity contribution is 5.26. The molecule has 1 atom stereocenters. The fourth-order valence-electron chi connectivity index (χ4n) is 2.85. The van der Waals surface area contributed by atoms with Gasteiger partial charge in [-0.25, -0.2) is 4.68 Å². The molecule has 0 radical (unpaired) electrons. The van der Waals surface area contributed by atoms with Crippen molar-refractivity contribution in [1.29, 1.82) is 0 Å². The van der Waals surface area contributed by atoms with Crippen LogP contribution in [-0.2, 0) is 0 Å². The van der Waals surface area contributed by atoms with Gasteiger partial charge in [-0.3, -0.25) is 0 Å². The Morgan fingerprint density at radius 3 is 3.00 bits per heavy atom. The molecule has 1 unspecified atom stereocenters. The van der Waals surface area contributed by atoms with Crippen LogP contribution < -0.4 is 5.32 Å². The molecule has 4 heteroatoms. The zero-order chi connectivity index (χ0) is 9.38. The summed E-state index contributed by atoms with van der Waals surface area (Å²) in [6.45, 7) is 1.06. The fourth-order valence-corrected chi connectivity index (χ4v) is 2.85. The summed E-state index contributed by atoms with van der Waals surface area (Å²) in [6.07, 6.45) is 8.43. The van der Waals surface area contributed by atoms with Crippen molar-refractivity contribution >= 4 is 5.95 Å². The molecule has 1 saturated carbocycles. The fraction of sp³-hybridized carbons (Fsp3) is 0.800. The Hall–Kier alpha value is -1.06. The van der Waals surface area contributed by atoms with Crippen molar-refractivity contribution in [3.63, 3.8) is 0 Å². The second kappa shape index (κ2) is 3.26. The van der Waals surface area contributed by atoms with Crippen LogP contribution in [0.1, 0.15) is 38.1 Å². The van der Waals surface area contributed by atoms with Crippen LogP contribution in [0.2, 0.25) is 0 Å². The molecule has 0 bridgehead atoms. The Kier molecular flexibility index (Phi) is 1.92. The summed E-state index contributed by atoms with van der Waals surface area (Å²) in [4.78, 5) is 4.22. The number of aromatic nitrogens is 3. The number of nitrogens with one attached hydrogen (secondary N) is 1. The van der Waals surface area contributed by atoms with Crippen LogP contribution in [-0.4, -0.2) is 21.3 Å². The van der Waals surface area contributed by atoms with Crippen molar-refractivity contribution in [3.05, 3.63) is 6.33 Å². The summed E-state index contributed by atoms with van der Waals surface area (Å²) in [5, 5.41) is 7.61. The molecule has 1 aromatic rings. The SMILES string of the molecule is c1nc2n(n1)C(C1CCCC1)CCN2. The van der Waals surface area contributed by atoms with Gasteiger partial charge in [0.05, 0.1) is 6.04 Å². The van der Waals surface area contributed by atoms with Crippen molar-refractivity contribution in [2.45, 2.75) is 38.1 Å². The minimum atomic E-state index is 0.608. The van der Waals surface area contributed by atoms with E-state index in [0.29, 0.717) is 6.04 Å². The van der Waals surface area contributed by atoms with Crippen LogP contribution in [0.15, 0.2) is 6.33 Å². The molecule has 1 N–H and O–H groups in total. The maximum atomic E-state index is 4.33. The topological polar surface area (TPSA) is 42.7 Å². The maximum absolute atomic E-state index is 4.33. The molecule has 2 heterocycles. The Bertz CT molecular complexity index is 314. The van der Waals surface area contributed by atoms with E-state index in [-0.39, 0.29) is 0 Å². The van der Waals surface area contributed by atoms with Gasteiger partial charge in [0.25, 0.3) is 0 Å². The van der Waals surface area contributed by atoms with Crippen LogP contribution in [0.4, 0.5) is 5.95 Å². The molecular weight excluding hydrogens is 176 g/mol. The summed E-state index contributed by atoms with van der Waals surface area (Å²) in [5.41, 5.74) is 0. The quantitative estimate of drug-likeness (QED) is 0.738. The predicted octanol–water partition coefficient (Wildman–Crippen LogP) is 1.82. The van der Waals surface area contributed by atoms with Gasteiger partial charge < -0.3 is 5.32 Å². The molecule has 2 aliphatic rings. The number of hydrogen-bond acceptors (Lipinski definition) is 3. The molecule has 1 aliphatic heterocycles. The first kappa shape index (κ1) is 8.26. The molecule has 76 valence electrons. The van der Waals surface area contributed by atoms with E-state index in [1.807, 2.05) is 0 Å². The highest BCUT2D eigenvalue weighted by atomic mass is 15.4.